The van der Waals surface area contributed by atoms with Crippen LogP contribution in [-0.2, 0) is 4.74 Å². The van der Waals surface area contributed by atoms with Gasteiger partial charge in [0, 0.05) is 0 Å². The smallest absolute Gasteiger partial charge is 0.219 e. The first-order chi connectivity index (χ1) is 5.93. The molecule has 0 spiro atoms. The molecule has 1 fully saturated rings. The van der Waals surface area contributed by atoms with Gasteiger partial charge in [-0.2, -0.15) is 0 Å². The molecule has 1 aliphatic heterocycles. The van der Waals surface area contributed by atoms with Crippen molar-refractivity contribution in [2.75, 3.05) is 13.2 Å². The maximum Gasteiger partial charge on any atom is 0.219 e. The summed E-state index contributed by atoms with van der Waals surface area (Å²) >= 11 is 0. The minimum atomic E-state index is -2.53. The van der Waals surface area contributed by atoms with Crippen molar-refractivity contribution >= 4 is 0 Å². The van der Waals surface area contributed by atoms with Crippen LogP contribution < -0.4 is 0 Å². The van der Waals surface area contributed by atoms with Gasteiger partial charge in [-0.3, -0.25) is 0 Å². The van der Waals surface area contributed by atoms with E-state index in [9.17, 15) is 10.2 Å². The zero-order valence-electron chi connectivity index (χ0n) is 7.16. The van der Waals surface area contributed by atoms with Crippen molar-refractivity contribution in [1.29, 1.82) is 0 Å². The minimum Gasteiger partial charge on any atom is -0.394 e. The standard InChI is InChI=1S/C6H12O6/c7-1-3-4(9)5(10)6(11,2-8)12-3/h3-5,7-11H,1-2H2/t3-,4-,5+,6?/m1/s1/i2D/t2?,3-,4-,5+,6?. The number of rotatable bonds is 2. The Hall–Kier alpha value is -0.240. The first-order valence-corrected chi connectivity index (χ1v) is 3.41. The Morgan fingerprint density at radius 2 is 2.00 bits per heavy atom. The van der Waals surface area contributed by atoms with Gasteiger partial charge in [-0.05, 0) is 0 Å². The monoisotopic (exact) mass is 181 g/mol. The zero-order chi connectivity index (χ0) is 10.2. The molecule has 12 heavy (non-hydrogen) atoms. The Labute approximate surface area is 70.0 Å². The summed E-state index contributed by atoms with van der Waals surface area (Å²) in [6.07, 6.45) is -4.52. The third kappa shape index (κ3) is 1.33. The van der Waals surface area contributed by atoms with Crippen LogP contribution in [0.25, 0.3) is 0 Å². The van der Waals surface area contributed by atoms with Gasteiger partial charge in [0.1, 0.15) is 18.3 Å². The van der Waals surface area contributed by atoms with Crippen LogP contribution >= 0.6 is 0 Å². The molecule has 2 unspecified atom stereocenters. The molecule has 0 aromatic heterocycles. The van der Waals surface area contributed by atoms with Crippen LogP contribution in [0.4, 0.5) is 0 Å². The lowest BCUT2D eigenvalue weighted by Crippen LogP contribution is -2.46. The van der Waals surface area contributed by atoms with E-state index in [1.165, 1.54) is 0 Å². The first kappa shape index (κ1) is 8.36. The van der Waals surface area contributed by atoms with Gasteiger partial charge in [-0.1, -0.05) is 0 Å². The van der Waals surface area contributed by atoms with Crippen molar-refractivity contribution in [3.05, 3.63) is 0 Å². The minimum absolute atomic E-state index is 0.618. The molecule has 6 nitrogen and oxygen atoms in total. The second-order valence-electron chi connectivity index (χ2n) is 2.66. The van der Waals surface area contributed by atoms with E-state index in [1.807, 2.05) is 0 Å². The fourth-order valence-electron chi connectivity index (χ4n) is 1.08. The number of hydrogen-bond acceptors (Lipinski definition) is 6. The van der Waals surface area contributed by atoms with Crippen molar-refractivity contribution in [2.45, 2.75) is 24.1 Å². The third-order valence-electron chi connectivity index (χ3n) is 1.83. The zero-order valence-corrected chi connectivity index (χ0v) is 6.16. The third-order valence-corrected chi connectivity index (χ3v) is 1.83. The van der Waals surface area contributed by atoms with Crippen LogP contribution in [0.3, 0.4) is 0 Å². The van der Waals surface area contributed by atoms with E-state index < -0.39 is 37.3 Å². The van der Waals surface area contributed by atoms with E-state index in [-0.39, 0.29) is 0 Å². The van der Waals surface area contributed by atoms with Crippen LogP contribution in [-0.4, -0.2) is 62.8 Å². The fourth-order valence-corrected chi connectivity index (χ4v) is 1.08. The quantitative estimate of drug-likeness (QED) is 0.306. The summed E-state index contributed by atoms with van der Waals surface area (Å²) in [7, 11) is 0. The average Bonchev–Trinajstić information content (AvgIpc) is 2.31. The molecule has 6 heteroatoms. The topological polar surface area (TPSA) is 110 Å². The van der Waals surface area contributed by atoms with Gasteiger partial charge in [0.15, 0.2) is 0 Å². The maximum absolute atomic E-state index is 9.33. The number of aliphatic hydroxyl groups is 5. The Bertz CT molecular complexity index is 188. The molecule has 0 aliphatic carbocycles. The predicted molar refractivity (Wildman–Crippen MR) is 36.0 cm³/mol. The van der Waals surface area contributed by atoms with Crippen LogP contribution in [0.2, 0.25) is 0 Å². The second-order valence-corrected chi connectivity index (χ2v) is 2.66. The number of ether oxygens (including phenoxy) is 1. The summed E-state index contributed by atoms with van der Waals surface area (Å²) in [5.41, 5.74) is 0. The van der Waals surface area contributed by atoms with E-state index in [0.717, 1.165) is 0 Å². The van der Waals surface area contributed by atoms with E-state index in [1.54, 1.807) is 0 Å². The summed E-state index contributed by atoms with van der Waals surface area (Å²) in [5.74, 6) is -2.53. The maximum atomic E-state index is 9.33. The average molecular weight is 181 g/mol. The first-order valence-electron chi connectivity index (χ1n) is 3.98. The molecule has 1 rings (SSSR count). The van der Waals surface area contributed by atoms with Gasteiger partial charge in [0.2, 0.25) is 5.79 Å². The lowest BCUT2D eigenvalue weighted by atomic mass is 10.1. The molecule has 72 valence electrons. The molecule has 0 saturated carbocycles. The van der Waals surface area contributed by atoms with Crippen molar-refractivity contribution in [1.82, 2.24) is 0 Å². The Kier molecular flexibility index (Phi) is 2.26. The lowest BCUT2D eigenvalue weighted by Gasteiger charge is -2.22. The SMILES string of the molecule is [2H]C(O)C1(O)O[C@H](CO)[C@@H](O)[C@@H]1O. The molecule has 0 radical (unpaired) electrons. The predicted octanol–water partition coefficient (Wildman–Crippen LogP) is -3.22. The number of hydrogen-bond donors (Lipinski definition) is 5. The van der Waals surface area contributed by atoms with Crippen molar-refractivity contribution in [2.24, 2.45) is 0 Å². The molecular weight excluding hydrogens is 168 g/mol. The number of aliphatic hydroxyl groups excluding tert-OH is 4. The Morgan fingerprint density at radius 3 is 2.25 bits per heavy atom. The van der Waals surface area contributed by atoms with Gasteiger partial charge in [0.05, 0.1) is 14.6 Å². The second kappa shape index (κ2) is 3.25. The van der Waals surface area contributed by atoms with Gasteiger partial charge in [-0.25, -0.2) is 0 Å². The van der Waals surface area contributed by atoms with Gasteiger partial charge >= 0.3 is 0 Å². The summed E-state index contributed by atoms with van der Waals surface area (Å²) in [5, 5.41) is 45.0. The van der Waals surface area contributed by atoms with Crippen molar-refractivity contribution in [3.63, 3.8) is 0 Å². The molecule has 0 aromatic carbocycles. The highest BCUT2D eigenvalue weighted by Crippen LogP contribution is 2.28. The molecular formula is C6H12O6. The lowest BCUT2D eigenvalue weighted by molar-refractivity contribution is -0.248. The van der Waals surface area contributed by atoms with Gasteiger partial charge in [-0.15, -0.1) is 0 Å². The molecule has 0 bridgehead atoms. The van der Waals surface area contributed by atoms with Gasteiger partial charge in [0.25, 0.3) is 0 Å². The Morgan fingerprint density at radius 1 is 1.42 bits per heavy atom. The highest BCUT2D eigenvalue weighted by Gasteiger charge is 2.52. The molecule has 5 atom stereocenters. The summed E-state index contributed by atoms with van der Waals surface area (Å²) in [4.78, 5) is 0. The van der Waals surface area contributed by atoms with Crippen molar-refractivity contribution < 1.29 is 31.6 Å². The normalized spacial score (nSPS) is 52.1. The summed E-state index contributed by atoms with van der Waals surface area (Å²) in [6, 6.07) is 0. The molecule has 5 N–H and O–H groups in total. The van der Waals surface area contributed by atoms with Crippen LogP contribution in [0.1, 0.15) is 1.37 Å². The van der Waals surface area contributed by atoms with Gasteiger partial charge < -0.3 is 30.3 Å². The molecule has 1 heterocycles. The van der Waals surface area contributed by atoms with Crippen LogP contribution in [0, 0.1) is 0 Å². The van der Waals surface area contributed by atoms with E-state index in [2.05, 4.69) is 4.74 Å². The Balaban J connectivity index is 2.81. The molecule has 0 aromatic rings. The highest BCUT2D eigenvalue weighted by molar-refractivity contribution is 4.94. The largest absolute Gasteiger partial charge is 0.394 e. The summed E-state index contributed by atoms with van der Waals surface area (Å²) in [6.45, 7) is -2.72. The highest BCUT2D eigenvalue weighted by atomic mass is 16.7. The fraction of sp³-hybridized carbons (Fsp3) is 1.00. The molecule has 1 aliphatic rings. The molecule has 0 amide bonds. The summed E-state index contributed by atoms with van der Waals surface area (Å²) < 4.78 is 11.3. The van der Waals surface area contributed by atoms with Crippen molar-refractivity contribution in [3.8, 4) is 0 Å². The van der Waals surface area contributed by atoms with E-state index in [4.69, 9.17) is 16.7 Å². The van der Waals surface area contributed by atoms with E-state index >= 15 is 0 Å². The molecule has 1 saturated heterocycles. The van der Waals surface area contributed by atoms with E-state index in [0.29, 0.717) is 0 Å². The van der Waals surface area contributed by atoms with Crippen LogP contribution in [0.15, 0.2) is 0 Å². The van der Waals surface area contributed by atoms with Crippen LogP contribution in [0.5, 0.6) is 0 Å².